The van der Waals surface area contributed by atoms with Crippen LogP contribution in [-0.4, -0.2) is 0 Å². The van der Waals surface area contributed by atoms with E-state index in [0.717, 1.165) is 0 Å². The van der Waals surface area contributed by atoms with Gasteiger partial charge in [-0.2, -0.15) is 0 Å². The molecular formula is C9H14Cl2Hf. The maximum atomic E-state index is 2.35. The Kier molecular flexibility index (Phi) is 12.9. The zero-order chi connectivity index (χ0) is 7.23. The van der Waals surface area contributed by atoms with Crippen LogP contribution in [-0.2, 0) is 22.9 Å². The van der Waals surface area contributed by atoms with Gasteiger partial charge in [0.25, 0.3) is 0 Å². The van der Waals surface area contributed by atoms with E-state index in [2.05, 4.69) is 25.2 Å². The van der Waals surface area contributed by atoms with Crippen molar-refractivity contribution in [2.24, 2.45) is 0 Å². The molecule has 0 aromatic rings. The van der Waals surface area contributed by atoms with Crippen LogP contribution in [0.15, 0.2) is 21.6 Å². The van der Waals surface area contributed by atoms with Gasteiger partial charge in [0.05, 0.1) is 0 Å². The summed E-state index contributed by atoms with van der Waals surface area (Å²) in [5.41, 5.74) is 0. The van der Waals surface area contributed by atoms with Crippen LogP contribution < -0.4 is 24.8 Å². The summed E-state index contributed by atoms with van der Waals surface area (Å²) < 4.78 is 3.39. The maximum absolute atomic E-state index is 2.35. The smallest absolute Gasteiger partial charge is 1.00 e. The summed E-state index contributed by atoms with van der Waals surface area (Å²) in [4.78, 5) is 0. The van der Waals surface area contributed by atoms with E-state index < -0.39 is 0 Å². The summed E-state index contributed by atoms with van der Waals surface area (Å²) in [6, 6.07) is 0. The second-order valence-corrected chi connectivity index (χ2v) is 7.98. The average molecular weight is 372 g/mol. The number of hydrogen-bond donors (Lipinski definition) is 0. The molecule has 0 aliphatic heterocycles. The molecule has 0 spiro atoms. The third-order valence-electron chi connectivity index (χ3n) is 1.65. The van der Waals surface area contributed by atoms with Crippen molar-refractivity contribution in [3.63, 3.8) is 0 Å². The summed E-state index contributed by atoms with van der Waals surface area (Å²) in [5, 5.41) is 0. The van der Waals surface area contributed by atoms with Gasteiger partial charge in [-0.3, -0.25) is 0 Å². The van der Waals surface area contributed by atoms with Gasteiger partial charge in [0.1, 0.15) is 0 Å². The maximum Gasteiger partial charge on any atom is -1.00 e. The van der Waals surface area contributed by atoms with Crippen LogP contribution >= 0.6 is 0 Å². The minimum absolute atomic E-state index is 0. The zero-order valence-electron chi connectivity index (χ0n) is 7.32. The van der Waals surface area contributed by atoms with Gasteiger partial charge in [0.2, 0.25) is 0 Å². The molecule has 12 heavy (non-hydrogen) atoms. The Hall–Kier alpha value is 0.930. The number of allylic oxidation sites excluding steroid dienone is 4. The molecule has 0 saturated heterocycles. The largest absolute Gasteiger partial charge is 1.00 e. The van der Waals surface area contributed by atoms with E-state index in [4.69, 9.17) is 0 Å². The third kappa shape index (κ3) is 6.45. The van der Waals surface area contributed by atoms with Crippen LogP contribution in [0.25, 0.3) is 0 Å². The second kappa shape index (κ2) is 10.0. The molecule has 68 valence electrons. The van der Waals surface area contributed by atoms with Gasteiger partial charge in [-0.05, 0) is 0 Å². The van der Waals surface area contributed by atoms with Crippen molar-refractivity contribution in [3.05, 3.63) is 21.6 Å². The molecule has 0 unspecified atom stereocenters. The first-order chi connectivity index (χ1) is 4.93. The summed E-state index contributed by atoms with van der Waals surface area (Å²) in [5.74, 6) is 0. The molecule has 1 rings (SSSR count). The Labute approximate surface area is 99.1 Å². The normalized spacial score (nSPS) is 12.6. The number of unbranched alkanes of at least 4 members (excludes halogenated alkanes) is 1. The molecular weight excluding hydrogens is 357 g/mol. The Bertz CT molecular complexity index is 153. The molecule has 0 fully saturated rings. The third-order valence-corrected chi connectivity index (χ3v) is 6.79. The van der Waals surface area contributed by atoms with Gasteiger partial charge in [0, 0.05) is 0 Å². The molecule has 3 heteroatoms. The van der Waals surface area contributed by atoms with Crippen molar-refractivity contribution in [1.82, 2.24) is 0 Å². The summed E-state index contributed by atoms with van der Waals surface area (Å²) in [7, 11) is 0. The van der Waals surface area contributed by atoms with E-state index in [1.807, 2.05) is 3.33 Å². The quantitative estimate of drug-likeness (QED) is 0.368. The molecule has 1 aliphatic carbocycles. The van der Waals surface area contributed by atoms with E-state index in [9.17, 15) is 0 Å². The fourth-order valence-electron chi connectivity index (χ4n) is 1.00. The fourth-order valence-corrected chi connectivity index (χ4v) is 5.77. The number of hydrogen-bond acceptors (Lipinski definition) is 0. The van der Waals surface area contributed by atoms with Crippen LogP contribution in [0.5, 0.6) is 0 Å². The topological polar surface area (TPSA) is 0 Å². The molecule has 1 aliphatic rings. The van der Waals surface area contributed by atoms with E-state index in [1.54, 1.807) is 4.18 Å². The molecule has 0 bridgehead atoms. The van der Waals surface area contributed by atoms with Crippen LogP contribution in [0, 0.1) is 0 Å². The second-order valence-electron chi connectivity index (χ2n) is 2.60. The van der Waals surface area contributed by atoms with E-state index >= 15 is 0 Å². The standard InChI is InChI=1S/C5H5.C4H9.2ClH.Hf/c1-2-4-5-3-1;1-3-4-2;;;/h1-3H,4H2;1,3-4H2,2H3;2*1H;/q;;;;+2/p-2. The molecule has 0 nitrogen and oxygen atoms in total. The van der Waals surface area contributed by atoms with Crippen molar-refractivity contribution < 1.29 is 47.7 Å². The van der Waals surface area contributed by atoms with Crippen LogP contribution in [0.3, 0.4) is 0 Å². The van der Waals surface area contributed by atoms with Crippen LogP contribution in [0.4, 0.5) is 0 Å². The molecule has 0 N–H and O–H groups in total. The van der Waals surface area contributed by atoms with Gasteiger partial charge >= 0.3 is 74.8 Å². The first kappa shape index (κ1) is 15.4. The predicted molar refractivity (Wildman–Crippen MR) is 41.6 cm³/mol. The van der Waals surface area contributed by atoms with E-state index in [1.165, 1.54) is 19.3 Å². The molecule has 0 saturated carbocycles. The predicted octanol–water partition coefficient (Wildman–Crippen LogP) is -2.86. The SMILES string of the molecule is CCC[CH2][Hf+2][C]1=CC=CC1.[Cl-].[Cl-]. The van der Waals surface area contributed by atoms with Crippen molar-refractivity contribution in [3.8, 4) is 0 Å². The van der Waals surface area contributed by atoms with Crippen molar-refractivity contribution in [2.75, 3.05) is 0 Å². The molecule has 0 radical (unpaired) electrons. The Morgan fingerprint density at radius 1 is 1.42 bits per heavy atom. The van der Waals surface area contributed by atoms with Gasteiger partial charge in [-0.25, -0.2) is 0 Å². The van der Waals surface area contributed by atoms with Gasteiger partial charge in [-0.1, -0.05) is 0 Å². The summed E-state index contributed by atoms with van der Waals surface area (Å²) >= 11 is -0.283. The molecule has 0 aromatic carbocycles. The summed E-state index contributed by atoms with van der Waals surface area (Å²) in [6.07, 6.45) is 11.0. The van der Waals surface area contributed by atoms with Crippen LogP contribution in [0.1, 0.15) is 26.2 Å². The van der Waals surface area contributed by atoms with Crippen molar-refractivity contribution in [2.45, 2.75) is 30.4 Å². The fraction of sp³-hybridized carbons (Fsp3) is 0.556. The molecule has 0 aromatic heterocycles. The summed E-state index contributed by atoms with van der Waals surface area (Å²) in [6.45, 7) is 2.28. The number of rotatable bonds is 4. The van der Waals surface area contributed by atoms with E-state index in [-0.39, 0.29) is 47.7 Å². The molecule has 0 heterocycles. The minimum Gasteiger partial charge on any atom is -1.00 e. The molecule has 0 amide bonds. The first-order valence-corrected chi connectivity index (χ1v) is 8.36. The Morgan fingerprint density at radius 3 is 2.67 bits per heavy atom. The van der Waals surface area contributed by atoms with E-state index in [0.29, 0.717) is 0 Å². The monoisotopic (exact) mass is 372 g/mol. The number of halogens is 2. The average Bonchev–Trinajstić information content (AvgIpc) is 2.41. The van der Waals surface area contributed by atoms with Gasteiger partial charge < -0.3 is 24.8 Å². The minimum atomic E-state index is -0.283. The van der Waals surface area contributed by atoms with Gasteiger partial charge in [-0.15, -0.1) is 0 Å². The first-order valence-electron chi connectivity index (χ1n) is 4.03. The van der Waals surface area contributed by atoms with Gasteiger partial charge in [0.15, 0.2) is 0 Å². The van der Waals surface area contributed by atoms with Crippen molar-refractivity contribution in [1.29, 1.82) is 0 Å². The Morgan fingerprint density at radius 2 is 2.17 bits per heavy atom. The zero-order valence-corrected chi connectivity index (χ0v) is 12.4. The van der Waals surface area contributed by atoms with Crippen molar-refractivity contribution >= 4 is 0 Å². The van der Waals surface area contributed by atoms with Crippen LogP contribution in [0.2, 0.25) is 4.18 Å². The Balaban J connectivity index is 0. The molecule has 0 atom stereocenters.